The molecule has 1 unspecified atom stereocenters. The number of quaternary nitrogens is 1. The first-order chi connectivity index (χ1) is 9.51. The van der Waals surface area contributed by atoms with E-state index in [4.69, 9.17) is 9.47 Å². The van der Waals surface area contributed by atoms with Gasteiger partial charge in [-0.25, -0.2) is 4.79 Å². The third-order valence-electron chi connectivity index (χ3n) is 4.29. The van der Waals surface area contributed by atoms with Gasteiger partial charge in [-0.1, -0.05) is 6.92 Å². The maximum Gasteiger partial charge on any atom is 0.338 e. The summed E-state index contributed by atoms with van der Waals surface area (Å²) in [5.41, 5.74) is 0.580. The van der Waals surface area contributed by atoms with Gasteiger partial charge in [0.2, 0.25) is 0 Å². The van der Waals surface area contributed by atoms with Gasteiger partial charge in [0.15, 0.2) is 0 Å². The monoisotopic (exact) mass is 278 g/mol. The molecule has 1 aliphatic rings. The molecule has 0 aromatic heterocycles. The molecule has 0 aliphatic carbocycles. The first-order valence-corrected chi connectivity index (χ1v) is 7.18. The van der Waals surface area contributed by atoms with Crippen LogP contribution < -0.4 is 9.64 Å². The summed E-state index contributed by atoms with van der Waals surface area (Å²) in [6.07, 6.45) is 0.942. The lowest BCUT2D eigenvalue weighted by Gasteiger charge is -2.36. The summed E-state index contributed by atoms with van der Waals surface area (Å²) in [4.78, 5) is 13.7. The molecule has 1 fully saturated rings. The molecule has 0 spiro atoms. The van der Waals surface area contributed by atoms with E-state index in [0.29, 0.717) is 17.5 Å². The van der Waals surface area contributed by atoms with Crippen molar-refractivity contribution in [1.82, 2.24) is 0 Å². The second kappa shape index (κ2) is 6.27. The molecule has 1 saturated heterocycles. The third kappa shape index (κ3) is 3.31. The lowest BCUT2D eigenvalue weighted by Crippen LogP contribution is -3.14. The Morgan fingerprint density at radius 2 is 1.90 bits per heavy atom. The molecular formula is C16H24NO3+. The molecule has 2 rings (SSSR count). The molecule has 1 N–H and O–H groups in total. The fourth-order valence-electron chi connectivity index (χ4n) is 2.72. The number of benzene rings is 1. The molecule has 4 nitrogen and oxygen atoms in total. The third-order valence-corrected chi connectivity index (χ3v) is 4.29. The van der Waals surface area contributed by atoms with Gasteiger partial charge in [0, 0.05) is 12.3 Å². The highest BCUT2D eigenvalue weighted by Gasteiger charge is 2.34. The van der Waals surface area contributed by atoms with Crippen LogP contribution in [0.1, 0.15) is 30.6 Å². The summed E-state index contributed by atoms with van der Waals surface area (Å²) in [6.45, 7) is 5.40. The number of nitrogens with one attached hydrogen (secondary N) is 1. The quantitative estimate of drug-likeness (QED) is 0.844. The van der Waals surface area contributed by atoms with Crippen molar-refractivity contribution in [2.75, 3.05) is 20.7 Å². The molecule has 1 aliphatic heterocycles. The van der Waals surface area contributed by atoms with Crippen molar-refractivity contribution in [3.63, 3.8) is 0 Å². The van der Waals surface area contributed by atoms with Crippen molar-refractivity contribution in [2.24, 2.45) is 5.92 Å². The zero-order chi connectivity index (χ0) is 14.7. The summed E-state index contributed by atoms with van der Waals surface area (Å²) in [6, 6.07) is 7.58. The van der Waals surface area contributed by atoms with Gasteiger partial charge in [-0.15, -0.1) is 0 Å². The summed E-state index contributed by atoms with van der Waals surface area (Å²) >= 11 is 0. The van der Waals surface area contributed by atoms with E-state index < -0.39 is 0 Å². The second-order valence-corrected chi connectivity index (χ2v) is 5.84. The van der Waals surface area contributed by atoms with Gasteiger partial charge < -0.3 is 14.4 Å². The lowest BCUT2D eigenvalue weighted by atomic mass is 9.92. The molecule has 0 amide bonds. The molecule has 1 heterocycles. The number of rotatable bonds is 3. The molecular weight excluding hydrogens is 254 g/mol. The molecule has 1 aromatic carbocycles. The van der Waals surface area contributed by atoms with Crippen LogP contribution in [-0.2, 0) is 4.74 Å². The van der Waals surface area contributed by atoms with Crippen molar-refractivity contribution >= 4 is 5.97 Å². The Kier molecular flexibility index (Phi) is 4.65. The maximum absolute atomic E-state index is 12.2. The fraction of sp³-hybridized carbons (Fsp3) is 0.562. The van der Waals surface area contributed by atoms with Crippen LogP contribution in [0, 0.1) is 5.92 Å². The minimum absolute atomic E-state index is 0.0169. The second-order valence-electron chi connectivity index (χ2n) is 5.84. The average molecular weight is 278 g/mol. The highest BCUT2D eigenvalue weighted by molar-refractivity contribution is 5.89. The Hall–Kier alpha value is -1.55. The number of likely N-dealkylation sites (tertiary alicyclic amines) is 1. The molecule has 110 valence electrons. The van der Waals surface area contributed by atoms with E-state index in [1.54, 1.807) is 31.4 Å². The largest absolute Gasteiger partial charge is 0.497 e. The number of piperidine rings is 1. The van der Waals surface area contributed by atoms with Crippen LogP contribution in [0.5, 0.6) is 5.75 Å². The van der Waals surface area contributed by atoms with Crippen molar-refractivity contribution < 1.29 is 19.2 Å². The van der Waals surface area contributed by atoms with Gasteiger partial charge in [-0.05, 0) is 31.2 Å². The summed E-state index contributed by atoms with van der Waals surface area (Å²) in [5.74, 6) is 0.899. The minimum atomic E-state index is -0.240. The first-order valence-electron chi connectivity index (χ1n) is 7.18. The predicted octanol–water partition coefficient (Wildman–Crippen LogP) is 1.16. The molecule has 4 atom stereocenters. The molecule has 0 saturated carbocycles. The standard InChI is InChI=1S/C16H23NO3/c1-11-10-17(3)12(2)9-15(11)20-16(18)13-5-7-14(19-4)8-6-13/h5-8,11-12,15H,9-10H2,1-4H3/p+1/t11-,12+,15+/m1/s1. The van der Waals surface area contributed by atoms with Crippen molar-refractivity contribution in [3.05, 3.63) is 29.8 Å². The van der Waals surface area contributed by atoms with Gasteiger partial charge >= 0.3 is 5.97 Å². The Bertz CT molecular complexity index is 457. The van der Waals surface area contributed by atoms with Gasteiger partial charge in [-0.3, -0.25) is 0 Å². The first kappa shape index (κ1) is 14.9. The smallest absolute Gasteiger partial charge is 0.338 e. The summed E-state index contributed by atoms with van der Waals surface area (Å²) in [5, 5.41) is 0. The molecule has 20 heavy (non-hydrogen) atoms. The number of carbonyl (C=O) groups is 1. The van der Waals surface area contributed by atoms with Crippen molar-refractivity contribution in [1.29, 1.82) is 0 Å². The SMILES string of the molecule is COc1ccc(C(=O)O[C@H]2C[C@H](C)[NH+](C)C[C@H]2C)cc1. The van der Waals surface area contributed by atoms with Crippen LogP contribution in [0.15, 0.2) is 24.3 Å². The van der Waals surface area contributed by atoms with Gasteiger partial charge in [0.25, 0.3) is 0 Å². The minimum Gasteiger partial charge on any atom is -0.497 e. The zero-order valence-electron chi connectivity index (χ0n) is 12.7. The lowest BCUT2D eigenvalue weighted by molar-refractivity contribution is -0.914. The summed E-state index contributed by atoms with van der Waals surface area (Å²) in [7, 11) is 3.81. The number of esters is 1. The molecule has 0 bridgehead atoms. The number of hydrogen-bond acceptors (Lipinski definition) is 3. The van der Waals surface area contributed by atoms with Gasteiger partial charge in [-0.2, -0.15) is 0 Å². The van der Waals surface area contributed by atoms with E-state index in [9.17, 15) is 4.79 Å². The Morgan fingerprint density at radius 1 is 1.25 bits per heavy atom. The summed E-state index contributed by atoms with van der Waals surface area (Å²) < 4.78 is 10.8. The van der Waals surface area contributed by atoms with Gasteiger partial charge in [0.05, 0.1) is 32.3 Å². The van der Waals surface area contributed by atoms with E-state index in [-0.39, 0.29) is 12.1 Å². The van der Waals surface area contributed by atoms with Crippen molar-refractivity contribution in [2.45, 2.75) is 32.4 Å². The molecule has 1 aromatic rings. The van der Waals surface area contributed by atoms with E-state index in [1.807, 2.05) is 0 Å². The fourth-order valence-corrected chi connectivity index (χ4v) is 2.72. The Balaban J connectivity index is 1.99. The van der Waals surface area contributed by atoms with Crippen LogP contribution >= 0.6 is 0 Å². The Labute approximate surface area is 120 Å². The topological polar surface area (TPSA) is 40.0 Å². The maximum atomic E-state index is 12.2. The van der Waals surface area contributed by atoms with Crippen LogP contribution in [0.25, 0.3) is 0 Å². The van der Waals surface area contributed by atoms with Crippen molar-refractivity contribution in [3.8, 4) is 5.75 Å². The Morgan fingerprint density at radius 3 is 2.50 bits per heavy atom. The van der Waals surface area contributed by atoms with E-state index in [2.05, 4.69) is 20.9 Å². The number of methoxy groups -OCH3 is 1. The van der Waals surface area contributed by atoms with E-state index in [1.165, 1.54) is 4.90 Å². The normalized spacial score (nSPS) is 29.8. The van der Waals surface area contributed by atoms with Crippen LogP contribution in [-0.4, -0.2) is 38.8 Å². The molecule has 0 radical (unpaired) electrons. The number of ether oxygens (including phenoxy) is 2. The van der Waals surface area contributed by atoms with Gasteiger partial charge in [0.1, 0.15) is 11.9 Å². The van der Waals surface area contributed by atoms with Crippen LogP contribution in [0.3, 0.4) is 0 Å². The predicted molar refractivity (Wildman–Crippen MR) is 77.2 cm³/mol. The van der Waals surface area contributed by atoms with E-state index >= 15 is 0 Å². The van der Waals surface area contributed by atoms with Crippen LogP contribution in [0.2, 0.25) is 0 Å². The zero-order valence-corrected chi connectivity index (χ0v) is 12.7. The highest BCUT2D eigenvalue weighted by Crippen LogP contribution is 2.19. The molecule has 4 heteroatoms. The average Bonchev–Trinajstić information content (AvgIpc) is 2.44. The van der Waals surface area contributed by atoms with Crippen LogP contribution in [0.4, 0.5) is 0 Å². The number of carbonyl (C=O) groups excluding carboxylic acids is 1. The number of hydrogen-bond donors (Lipinski definition) is 1. The van der Waals surface area contributed by atoms with E-state index in [0.717, 1.165) is 18.7 Å². The highest BCUT2D eigenvalue weighted by atomic mass is 16.5.